The van der Waals surface area contributed by atoms with E-state index < -0.39 is 17.6 Å². The van der Waals surface area contributed by atoms with Crippen LogP contribution in [-0.2, 0) is 32.1 Å². The summed E-state index contributed by atoms with van der Waals surface area (Å²) in [6, 6.07) is 2.53. The number of halogens is 4. The first-order valence-electron chi connectivity index (χ1n) is 10.8. The summed E-state index contributed by atoms with van der Waals surface area (Å²) in [5.41, 5.74) is 1.60. The summed E-state index contributed by atoms with van der Waals surface area (Å²) >= 11 is 0. The number of carbonyl (C=O) groups excluding carboxylic acids is 1. The maximum absolute atomic E-state index is 13.7. The van der Waals surface area contributed by atoms with Crippen LogP contribution in [0.25, 0.3) is 0 Å². The quantitative estimate of drug-likeness (QED) is 0.532. The minimum Gasteiger partial charge on any atom is -0.337 e. The molecule has 1 saturated heterocycles. The summed E-state index contributed by atoms with van der Waals surface area (Å²) in [4.78, 5) is 14.9. The molecule has 0 radical (unpaired) electrons. The first-order valence-corrected chi connectivity index (χ1v) is 10.8. The molecular weight excluding hydrogens is 424 g/mol. The van der Waals surface area contributed by atoms with E-state index in [1.165, 1.54) is 0 Å². The zero-order valence-electron chi connectivity index (χ0n) is 17.7. The van der Waals surface area contributed by atoms with Crippen molar-refractivity contribution in [3.8, 4) is 0 Å². The Labute approximate surface area is 184 Å². The molecule has 1 amide bonds. The minimum absolute atomic E-state index is 0.0494. The first-order chi connectivity index (χ1) is 15.3. The Kier molecular flexibility index (Phi) is 6.37. The zero-order chi connectivity index (χ0) is 22.9. The van der Waals surface area contributed by atoms with Crippen molar-refractivity contribution in [1.29, 1.82) is 0 Å². The van der Waals surface area contributed by atoms with Gasteiger partial charge in [0.1, 0.15) is 5.82 Å². The van der Waals surface area contributed by atoms with E-state index in [9.17, 15) is 22.4 Å². The Morgan fingerprint density at radius 1 is 1.25 bits per heavy atom. The molecule has 2 aromatic rings. The highest BCUT2D eigenvalue weighted by molar-refractivity contribution is 5.94. The van der Waals surface area contributed by atoms with Gasteiger partial charge < -0.3 is 10.2 Å². The summed E-state index contributed by atoms with van der Waals surface area (Å²) < 4.78 is 54.5. The van der Waals surface area contributed by atoms with Crippen LogP contribution >= 0.6 is 0 Å². The number of hydrogen-bond acceptors (Lipinski definition) is 3. The lowest BCUT2D eigenvalue weighted by Gasteiger charge is -2.25. The molecule has 1 aliphatic heterocycles. The van der Waals surface area contributed by atoms with Gasteiger partial charge in [-0.05, 0) is 55.9 Å². The van der Waals surface area contributed by atoms with E-state index in [1.54, 1.807) is 6.08 Å². The molecule has 2 aliphatic rings. The molecule has 1 aromatic heterocycles. The number of alkyl halides is 3. The van der Waals surface area contributed by atoms with E-state index >= 15 is 0 Å². The van der Waals surface area contributed by atoms with Gasteiger partial charge in [-0.25, -0.2) is 4.39 Å². The van der Waals surface area contributed by atoms with E-state index in [-0.39, 0.29) is 24.1 Å². The Bertz CT molecular complexity index is 1010. The Morgan fingerprint density at radius 2 is 2.00 bits per heavy atom. The molecule has 1 aliphatic carbocycles. The summed E-state index contributed by atoms with van der Waals surface area (Å²) in [5, 5.41) is 7.83. The number of benzene rings is 1. The molecule has 0 bridgehead atoms. The third kappa shape index (κ3) is 4.72. The maximum Gasteiger partial charge on any atom is 0.416 e. The second-order valence-electron chi connectivity index (χ2n) is 8.41. The monoisotopic (exact) mass is 450 g/mol. The van der Waals surface area contributed by atoms with Gasteiger partial charge in [0, 0.05) is 36.9 Å². The van der Waals surface area contributed by atoms with Crippen molar-refractivity contribution < 1.29 is 22.4 Å². The molecule has 2 heterocycles. The van der Waals surface area contributed by atoms with E-state index in [0.717, 1.165) is 55.7 Å². The van der Waals surface area contributed by atoms with Crippen LogP contribution in [0.4, 0.5) is 17.6 Å². The van der Waals surface area contributed by atoms with E-state index in [2.05, 4.69) is 17.0 Å². The SMILES string of the molecule is C=CCn1nc(C(=O)N2CCCC2)c2c1CCC(NCc1cc(F)cc(C(F)(F)F)c1)C2. The number of nitrogens with zero attached hydrogens (tertiary/aromatic N) is 3. The van der Waals surface area contributed by atoms with Crippen molar-refractivity contribution in [3.63, 3.8) is 0 Å². The van der Waals surface area contributed by atoms with Crippen molar-refractivity contribution in [2.24, 2.45) is 0 Å². The molecule has 0 saturated carbocycles. The van der Waals surface area contributed by atoms with Crippen LogP contribution in [0, 0.1) is 5.82 Å². The van der Waals surface area contributed by atoms with Crippen LogP contribution in [0.5, 0.6) is 0 Å². The van der Waals surface area contributed by atoms with Crippen molar-refractivity contribution in [2.75, 3.05) is 13.1 Å². The average molecular weight is 450 g/mol. The lowest BCUT2D eigenvalue weighted by molar-refractivity contribution is -0.137. The lowest BCUT2D eigenvalue weighted by atomic mass is 9.91. The number of allylic oxidation sites excluding steroid dienone is 1. The standard InChI is InChI=1S/C23H26F4N4O/c1-2-7-31-20-6-5-18(13-19(20)21(29-31)22(32)30-8-3-4-9-30)28-14-15-10-16(23(25,26)27)12-17(24)11-15/h2,10-12,18,28H,1,3-9,13-14H2. The average Bonchev–Trinajstić information content (AvgIpc) is 3.40. The predicted molar refractivity (Wildman–Crippen MR) is 112 cm³/mol. The number of hydrogen-bond donors (Lipinski definition) is 1. The molecule has 1 aromatic carbocycles. The molecule has 4 rings (SSSR count). The second kappa shape index (κ2) is 9.05. The summed E-state index contributed by atoms with van der Waals surface area (Å²) in [5.74, 6) is -0.978. The van der Waals surface area contributed by atoms with Crippen LogP contribution in [0.3, 0.4) is 0 Å². The van der Waals surface area contributed by atoms with Gasteiger partial charge in [0.15, 0.2) is 5.69 Å². The number of aromatic nitrogens is 2. The number of likely N-dealkylation sites (tertiary alicyclic amines) is 1. The van der Waals surface area contributed by atoms with Crippen molar-refractivity contribution in [3.05, 3.63) is 64.7 Å². The van der Waals surface area contributed by atoms with E-state index in [4.69, 9.17) is 0 Å². The van der Waals surface area contributed by atoms with Gasteiger partial charge in [0.25, 0.3) is 5.91 Å². The predicted octanol–water partition coefficient (Wildman–Crippen LogP) is 4.11. The molecule has 1 fully saturated rings. The van der Waals surface area contributed by atoms with Gasteiger partial charge in [-0.2, -0.15) is 18.3 Å². The highest BCUT2D eigenvalue weighted by Gasteiger charge is 2.33. The van der Waals surface area contributed by atoms with Crippen LogP contribution in [0.15, 0.2) is 30.9 Å². The fourth-order valence-corrected chi connectivity index (χ4v) is 4.56. The largest absolute Gasteiger partial charge is 0.416 e. The minimum atomic E-state index is -4.60. The second-order valence-corrected chi connectivity index (χ2v) is 8.41. The van der Waals surface area contributed by atoms with Gasteiger partial charge in [0.2, 0.25) is 0 Å². The third-order valence-corrected chi connectivity index (χ3v) is 6.12. The first kappa shape index (κ1) is 22.5. The fraction of sp³-hybridized carbons (Fsp3) is 0.478. The molecule has 5 nitrogen and oxygen atoms in total. The molecule has 32 heavy (non-hydrogen) atoms. The van der Waals surface area contributed by atoms with Crippen LogP contribution in [0.1, 0.15) is 52.1 Å². The van der Waals surface area contributed by atoms with Crippen molar-refractivity contribution in [1.82, 2.24) is 20.0 Å². The topological polar surface area (TPSA) is 50.2 Å². The molecule has 1 N–H and O–H groups in total. The Balaban J connectivity index is 1.51. The van der Waals surface area contributed by atoms with Gasteiger partial charge >= 0.3 is 6.18 Å². The van der Waals surface area contributed by atoms with Gasteiger partial charge in [-0.15, -0.1) is 6.58 Å². The maximum atomic E-state index is 13.7. The fourth-order valence-electron chi connectivity index (χ4n) is 4.56. The molecule has 9 heteroatoms. The number of nitrogens with one attached hydrogen (secondary N) is 1. The van der Waals surface area contributed by atoms with Crippen molar-refractivity contribution in [2.45, 2.75) is 57.4 Å². The van der Waals surface area contributed by atoms with Crippen LogP contribution in [-0.4, -0.2) is 39.7 Å². The van der Waals surface area contributed by atoms with Crippen molar-refractivity contribution >= 4 is 5.91 Å². The normalized spacial score (nSPS) is 18.6. The summed E-state index contributed by atoms with van der Waals surface area (Å²) in [6.07, 6.45) is 1.10. The number of amides is 1. The van der Waals surface area contributed by atoms with Gasteiger partial charge in [-0.1, -0.05) is 6.08 Å². The van der Waals surface area contributed by atoms with Crippen LogP contribution in [0.2, 0.25) is 0 Å². The lowest BCUT2D eigenvalue weighted by Crippen LogP contribution is -2.35. The van der Waals surface area contributed by atoms with Gasteiger partial charge in [-0.3, -0.25) is 9.48 Å². The Hall–Kier alpha value is -2.68. The number of carbonyl (C=O) groups is 1. The molecular formula is C23H26F4N4O. The molecule has 1 unspecified atom stereocenters. The zero-order valence-corrected chi connectivity index (χ0v) is 17.7. The smallest absolute Gasteiger partial charge is 0.337 e. The Morgan fingerprint density at radius 3 is 2.69 bits per heavy atom. The molecule has 0 spiro atoms. The number of fused-ring (bicyclic) bond motifs is 1. The third-order valence-electron chi connectivity index (χ3n) is 6.12. The van der Waals surface area contributed by atoms with E-state index in [1.807, 2.05) is 9.58 Å². The molecule has 172 valence electrons. The van der Waals surface area contributed by atoms with E-state index in [0.29, 0.717) is 31.1 Å². The van der Waals surface area contributed by atoms with Gasteiger partial charge in [0.05, 0.1) is 12.1 Å². The number of rotatable bonds is 6. The highest BCUT2D eigenvalue weighted by Crippen LogP contribution is 2.31. The highest BCUT2D eigenvalue weighted by atomic mass is 19.4. The van der Waals surface area contributed by atoms with Crippen LogP contribution < -0.4 is 5.32 Å². The summed E-state index contributed by atoms with van der Waals surface area (Å²) in [7, 11) is 0. The molecule has 1 atom stereocenters. The summed E-state index contributed by atoms with van der Waals surface area (Å²) in [6.45, 7) is 5.84.